The number of rotatable bonds is 4. The van der Waals surface area contributed by atoms with Gasteiger partial charge in [-0.25, -0.2) is 9.97 Å². The minimum absolute atomic E-state index is 0.241. The molecule has 1 saturated heterocycles. The second-order valence-electron chi connectivity index (χ2n) is 5.08. The standard InChI is InChI=1S/C12H19N5OS/c1-16(2)6-8-3-9(18)7-17(8)11-5-14-10(4-15-11)12(13)19/h4-5,8-9,18H,3,6-7H2,1-2H3,(H2,13,19). The Balaban J connectivity index is 2.16. The summed E-state index contributed by atoms with van der Waals surface area (Å²) in [7, 11) is 4.04. The molecule has 0 radical (unpaired) electrons. The average Bonchev–Trinajstić information content (AvgIpc) is 2.69. The molecule has 0 aromatic carbocycles. The molecule has 1 aromatic rings. The molecular weight excluding hydrogens is 262 g/mol. The van der Waals surface area contributed by atoms with Crippen LogP contribution in [0.15, 0.2) is 12.4 Å². The largest absolute Gasteiger partial charge is 0.391 e. The minimum Gasteiger partial charge on any atom is -0.391 e. The Kier molecular flexibility index (Phi) is 4.28. The summed E-state index contributed by atoms with van der Waals surface area (Å²) in [6, 6.07) is 0.245. The third-order valence-electron chi connectivity index (χ3n) is 3.15. The average molecular weight is 281 g/mol. The Hall–Kier alpha value is -1.31. The molecule has 1 fully saturated rings. The van der Waals surface area contributed by atoms with Crippen LogP contribution in [-0.2, 0) is 0 Å². The minimum atomic E-state index is -0.318. The fourth-order valence-corrected chi connectivity index (χ4v) is 2.47. The van der Waals surface area contributed by atoms with Gasteiger partial charge in [0, 0.05) is 19.1 Å². The highest BCUT2D eigenvalue weighted by molar-refractivity contribution is 7.80. The van der Waals surface area contributed by atoms with Gasteiger partial charge in [0.05, 0.1) is 18.5 Å². The summed E-state index contributed by atoms with van der Waals surface area (Å²) in [5, 5.41) is 9.84. The van der Waals surface area contributed by atoms with E-state index < -0.39 is 0 Å². The van der Waals surface area contributed by atoms with Gasteiger partial charge in [0.1, 0.15) is 16.5 Å². The summed E-state index contributed by atoms with van der Waals surface area (Å²) in [5.74, 6) is 0.753. The first-order valence-corrected chi connectivity index (χ1v) is 6.59. The summed E-state index contributed by atoms with van der Waals surface area (Å²) in [5.41, 5.74) is 6.02. The van der Waals surface area contributed by atoms with Gasteiger partial charge in [-0.05, 0) is 20.5 Å². The predicted octanol–water partition coefficient (Wildman–Crippen LogP) is -0.388. The van der Waals surface area contributed by atoms with Gasteiger partial charge in [0.2, 0.25) is 0 Å². The number of thiocarbonyl (C=S) groups is 1. The smallest absolute Gasteiger partial charge is 0.147 e. The zero-order valence-corrected chi connectivity index (χ0v) is 12.0. The lowest BCUT2D eigenvalue weighted by atomic mass is 10.2. The van der Waals surface area contributed by atoms with Gasteiger partial charge >= 0.3 is 0 Å². The molecule has 104 valence electrons. The van der Waals surface area contributed by atoms with Crippen molar-refractivity contribution in [1.29, 1.82) is 0 Å². The highest BCUT2D eigenvalue weighted by atomic mass is 32.1. The van der Waals surface area contributed by atoms with Crippen molar-refractivity contribution in [3.05, 3.63) is 18.1 Å². The quantitative estimate of drug-likeness (QED) is 0.728. The van der Waals surface area contributed by atoms with Crippen molar-refractivity contribution in [3.63, 3.8) is 0 Å². The molecule has 1 aromatic heterocycles. The summed E-state index contributed by atoms with van der Waals surface area (Å²) >= 11 is 4.85. The lowest BCUT2D eigenvalue weighted by Gasteiger charge is -2.27. The van der Waals surface area contributed by atoms with Crippen LogP contribution < -0.4 is 10.6 Å². The first kappa shape index (κ1) is 14.1. The van der Waals surface area contributed by atoms with E-state index in [-0.39, 0.29) is 17.1 Å². The first-order valence-electron chi connectivity index (χ1n) is 6.18. The maximum Gasteiger partial charge on any atom is 0.147 e. The molecule has 0 aliphatic carbocycles. The van der Waals surface area contributed by atoms with E-state index in [0.29, 0.717) is 12.2 Å². The van der Waals surface area contributed by atoms with E-state index in [9.17, 15) is 5.11 Å². The van der Waals surface area contributed by atoms with Crippen molar-refractivity contribution in [2.45, 2.75) is 18.6 Å². The molecular formula is C12H19N5OS. The summed E-state index contributed by atoms with van der Waals surface area (Å²) in [6.45, 7) is 1.45. The van der Waals surface area contributed by atoms with E-state index in [2.05, 4.69) is 19.8 Å². The van der Waals surface area contributed by atoms with Gasteiger partial charge in [-0.1, -0.05) is 12.2 Å². The zero-order valence-electron chi connectivity index (χ0n) is 11.2. The van der Waals surface area contributed by atoms with Gasteiger partial charge in [-0.2, -0.15) is 0 Å². The highest BCUT2D eigenvalue weighted by Gasteiger charge is 2.32. The Morgan fingerprint density at radius 1 is 1.53 bits per heavy atom. The van der Waals surface area contributed by atoms with Crippen LogP contribution in [0.1, 0.15) is 12.1 Å². The van der Waals surface area contributed by atoms with Crippen LogP contribution in [0.4, 0.5) is 5.82 Å². The van der Waals surface area contributed by atoms with Crippen molar-refractivity contribution in [2.75, 3.05) is 32.1 Å². The topological polar surface area (TPSA) is 78.5 Å². The number of anilines is 1. The van der Waals surface area contributed by atoms with E-state index in [4.69, 9.17) is 18.0 Å². The molecule has 2 heterocycles. The van der Waals surface area contributed by atoms with Crippen LogP contribution in [0.25, 0.3) is 0 Å². The van der Waals surface area contributed by atoms with E-state index in [0.717, 1.165) is 18.8 Å². The number of β-amino-alcohol motifs (C(OH)–C–C–N with tert-alkyl or cyclic N) is 1. The second-order valence-corrected chi connectivity index (χ2v) is 5.52. The number of hydrogen-bond acceptors (Lipinski definition) is 6. The Bertz CT molecular complexity index is 450. The van der Waals surface area contributed by atoms with Crippen molar-refractivity contribution in [3.8, 4) is 0 Å². The molecule has 0 saturated carbocycles. The number of aromatic nitrogens is 2. The lowest BCUT2D eigenvalue weighted by Crippen LogP contribution is -2.38. The maximum atomic E-state index is 9.84. The molecule has 3 N–H and O–H groups in total. The SMILES string of the molecule is CN(C)CC1CC(O)CN1c1cnc(C(N)=S)cn1. The van der Waals surface area contributed by atoms with Crippen molar-refractivity contribution in [1.82, 2.24) is 14.9 Å². The fourth-order valence-electron chi connectivity index (χ4n) is 2.36. The second kappa shape index (κ2) is 5.77. The first-order chi connectivity index (χ1) is 8.97. The molecule has 2 atom stereocenters. The van der Waals surface area contributed by atoms with Gasteiger partial charge in [0.25, 0.3) is 0 Å². The maximum absolute atomic E-state index is 9.84. The van der Waals surface area contributed by atoms with Crippen LogP contribution in [0.5, 0.6) is 0 Å². The molecule has 2 unspecified atom stereocenters. The van der Waals surface area contributed by atoms with Crippen molar-refractivity contribution in [2.24, 2.45) is 5.73 Å². The number of aliphatic hydroxyl groups is 1. The summed E-state index contributed by atoms with van der Waals surface area (Å²) < 4.78 is 0. The van der Waals surface area contributed by atoms with Gasteiger partial charge in [-0.15, -0.1) is 0 Å². The van der Waals surface area contributed by atoms with Crippen molar-refractivity contribution >= 4 is 23.0 Å². The van der Waals surface area contributed by atoms with Crippen LogP contribution >= 0.6 is 12.2 Å². The number of likely N-dealkylation sites (N-methyl/N-ethyl adjacent to an activating group) is 1. The van der Waals surface area contributed by atoms with E-state index in [1.165, 1.54) is 0 Å². The normalized spacial score (nSPS) is 23.1. The van der Waals surface area contributed by atoms with E-state index in [1.807, 2.05) is 14.1 Å². The highest BCUT2D eigenvalue weighted by Crippen LogP contribution is 2.23. The number of aliphatic hydroxyl groups excluding tert-OH is 1. The third-order valence-corrected chi connectivity index (χ3v) is 3.36. The molecule has 7 heteroatoms. The molecule has 0 amide bonds. The molecule has 0 bridgehead atoms. The fraction of sp³-hybridized carbons (Fsp3) is 0.583. The Labute approximate surface area is 118 Å². The van der Waals surface area contributed by atoms with E-state index >= 15 is 0 Å². The molecule has 6 nitrogen and oxygen atoms in total. The van der Waals surface area contributed by atoms with Crippen LogP contribution in [-0.4, -0.2) is 64.3 Å². The van der Waals surface area contributed by atoms with Gasteiger partial charge < -0.3 is 20.6 Å². The monoisotopic (exact) mass is 281 g/mol. The molecule has 19 heavy (non-hydrogen) atoms. The van der Waals surface area contributed by atoms with Gasteiger partial charge in [-0.3, -0.25) is 0 Å². The Morgan fingerprint density at radius 2 is 2.26 bits per heavy atom. The Morgan fingerprint density at radius 3 is 2.79 bits per heavy atom. The van der Waals surface area contributed by atoms with Crippen LogP contribution in [0, 0.1) is 0 Å². The van der Waals surface area contributed by atoms with E-state index in [1.54, 1.807) is 12.4 Å². The molecule has 2 rings (SSSR count). The molecule has 1 aliphatic rings. The third kappa shape index (κ3) is 3.37. The van der Waals surface area contributed by atoms with Crippen LogP contribution in [0.2, 0.25) is 0 Å². The number of hydrogen-bond donors (Lipinski definition) is 2. The predicted molar refractivity (Wildman–Crippen MR) is 78.2 cm³/mol. The van der Waals surface area contributed by atoms with Crippen molar-refractivity contribution < 1.29 is 5.11 Å². The number of nitrogens with two attached hydrogens (primary N) is 1. The molecule has 0 spiro atoms. The van der Waals surface area contributed by atoms with Gasteiger partial charge in [0.15, 0.2) is 0 Å². The molecule has 1 aliphatic heterocycles. The lowest BCUT2D eigenvalue weighted by molar-refractivity contribution is 0.191. The number of nitrogens with zero attached hydrogens (tertiary/aromatic N) is 4. The van der Waals surface area contributed by atoms with Crippen LogP contribution in [0.3, 0.4) is 0 Å². The summed E-state index contributed by atoms with van der Waals surface area (Å²) in [6.07, 6.45) is 3.67. The summed E-state index contributed by atoms with van der Waals surface area (Å²) in [4.78, 5) is 13.0. The zero-order chi connectivity index (χ0) is 14.0.